The molecule has 1 heteroatoms. The minimum atomic E-state index is -0.0857. The van der Waals surface area contributed by atoms with Crippen LogP contribution in [0.1, 0.15) is 91.9 Å². The number of rotatable bonds is 3. The summed E-state index contributed by atoms with van der Waals surface area (Å²) in [6, 6.07) is 0. The van der Waals surface area contributed by atoms with Crippen LogP contribution in [0, 0.1) is 40.4 Å². The molecule has 0 saturated heterocycles. The van der Waals surface area contributed by atoms with Gasteiger partial charge < -0.3 is 5.11 Å². The van der Waals surface area contributed by atoms with Crippen LogP contribution >= 0.6 is 0 Å². The normalized spacial score (nSPS) is 52.1. The van der Waals surface area contributed by atoms with Crippen LogP contribution in [0.25, 0.3) is 0 Å². The van der Waals surface area contributed by atoms with E-state index in [0.717, 1.165) is 24.2 Å². The van der Waals surface area contributed by atoms with E-state index >= 15 is 0 Å². The van der Waals surface area contributed by atoms with E-state index in [2.05, 4.69) is 33.8 Å². The van der Waals surface area contributed by atoms with Gasteiger partial charge in [-0.15, -0.1) is 0 Å². The number of hydrogen-bond donors (Lipinski definition) is 1. The topological polar surface area (TPSA) is 20.2 Å². The molecular formula is C24H40O. The lowest BCUT2D eigenvalue weighted by Gasteiger charge is -2.62. The zero-order chi connectivity index (χ0) is 17.8. The first kappa shape index (κ1) is 18.1. The van der Waals surface area contributed by atoms with Crippen LogP contribution in [-0.2, 0) is 0 Å². The highest BCUT2D eigenvalue weighted by Gasteiger charge is 2.62. The fourth-order valence-electron chi connectivity index (χ4n) is 8.34. The van der Waals surface area contributed by atoms with Crippen LogP contribution < -0.4 is 0 Å². The van der Waals surface area contributed by atoms with E-state index in [0.29, 0.717) is 22.7 Å². The first-order valence-electron chi connectivity index (χ1n) is 11.4. The third kappa shape index (κ3) is 2.43. The van der Waals surface area contributed by atoms with E-state index in [4.69, 9.17) is 0 Å². The molecule has 0 heterocycles. The second kappa shape index (κ2) is 6.39. The first-order chi connectivity index (χ1) is 12.0. The number of hydrogen-bond acceptors (Lipinski definition) is 1. The summed E-state index contributed by atoms with van der Waals surface area (Å²) in [5.41, 5.74) is 2.54. The maximum absolute atomic E-state index is 11.6. The lowest BCUT2D eigenvalue weighted by Crippen LogP contribution is -2.58. The molecule has 3 saturated carbocycles. The van der Waals surface area contributed by atoms with Gasteiger partial charge in [0.15, 0.2) is 0 Å². The Morgan fingerprint density at radius 3 is 2.60 bits per heavy atom. The molecule has 0 bridgehead atoms. The summed E-state index contributed by atoms with van der Waals surface area (Å²) in [5.74, 6) is 3.40. The van der Waals surface area contributed by atoms with Crippen molar-refractivity contribution >= 4 is 0 Å². The molecule has 0 aromatic rings. The van der Waals surface area contributed by atoms with Crippen molar-refractivity contribution in [2.24, 2.45) is 40.4 Å². The first-order valence-corrected chi connectivity index (χ1v) is 11.4. The van der Waals surface area contributed by atoms with Crippen molar-refractivity contribution in [1.29, 1.82) is 0 Å². The quantitative estimate of drug-likeness (QED) is 0.590. The van der Waals surface area contributed by atoms with Gasteiger partial charge >= 0.3 is 0 Å². The molecule has 4 rings (SSSR count). The fourth-order valence-corrected chi connectivity index (χ4v) is 8.34. The summed E-state index contributed by atoms with van der Waals surface area (Å²) >= 11 is 0. The van der Waals surface area contributed by atoms with Crippen molar-refractivity contribution < 1.29 is 5.11 Å². The molecule has 8 atom stereocenters. The predicted molar refractivity (Wildman–Crippen MR) is 105 cm³/mol. The van der Waals surface area contributed by atoms with Gasteiger partial charge in [0.1, 0.15) is 0 Å². The Morgan fingerprint density at radius 2 is 1.88 bits per heavy atom. The van der Waals surface area contributed by atoms with Gasteiger partial charge in [-0.1, -0.05) is 52.2 Å². The molecule has 3 fully saturated rings. The Bertz CT molecular complexity index is 536. The molecular weight excluding hydrogens is 304 g/mol. The van der Waals surface area contributed by atoms with Gasteiger partial charge in [0.2, 0.25) is 0 Å². The van der Waals surface area contributed by atoms with Gasteiger partial charge in [0.05, 0.1) is 6.10 Å². The van der Waals surface area contributed by atoms with Crippen molar-refractivity contribution in [1.82, 2.24) is 0 Å². The Kier molecular flexibility index (Phi) is 4.63. The Hall–Kier alpha value is -0.300. The lowest BCUT2D eigenvalue weighted by atomic mass is 9.44. The SMILES string of the molecule is CCC[C@H]1CC[C@H]2[C@@H]3C(O)C(CC)C4=CCCC[C@]4(C)[C@H]3CC[C@]12C. The monoisotopic (exact) mass is 344 g/mol. The van der Waals surface area contributed by atoms with Gasteiger partial charge in [-0.2, -0.15) is 0 Å². The van der Waals surface area contributed by atoms with Crippen LogP contribution in [0.2, 0.25) is 0 Å². The van der Waals surface area contributed by atoms with Crippen LogP contribution in [0.4, 0.5) is 0 Å². The summed E-state index contributed by atoms with van der Waals surface area (Å²) in [4.78, 5) is 0. The van der Waals surface area contributed by atoms with Gasteiger partial charge in [-0.3, -0.25) is 0 Å². The number of aliphatic hydroxyl groups is 1. The van der Waals surface area contributed by atoms with Crippen molar-refractivity contribution in [2.45, 2.75) is 98.0 Å². The van der Waals surface area contributed by atoms with Gasteiger partial charge in [-0.05, 0) is 85.9 Å². The molecule has 0 radical (unpaired) electrons. The fraction of sp³-hybridized carbons (Fsp3) is 0.917. The second-order valence-electron chi connectivity index (χ2n) is 10.4. The Balaban J connectivity index is 1.72. The van der Waals surface area contributed by atoms with Crippen LogP contribution in [-0.4, -0.2) is 11.2 Å². The standard InChI is InChI=1S/C24H40O/c1-5-9-16-11-12-19-21-20(13-15-23(16,19)3)24(4)14-8-7-10-18(24)17(6-2)22(21)25/h10,16-17,19-22,25H,5-9,11-15H2,1-4H3/t16-,17?,19-,20-,21-,22?,23+,24-/m0/s1. The van der Waals surface area contributed by atoms with Crippen LogP contribution in [0.15, 0.2) is 11.6 Å². The van der Waals surface area contributed by atoms with E-state index in [1.54, 1.807) is 5.57 Å². The van der Waals surface area contributed by atoms with E-state index in [1.807, 2.05) is 0 Å². The van der Waals surface area contributed by atoms with Gasteiger partial charge in [0.25, 0.3) is 0 Å². The largest absolute Gasteiger partial charge is 0.392 e. The minimum absolute atomic E-state index is 0.0857. The molecule has 1 N–H and O–H groups in total. The molecule has 0 spiro atoms. The molecule has 1 nitrogen and oxygen atoms in total. The summed E-state index contributed by atoms with van der Waals surface area (Å²) < 4.78 is 0. The summed E-state index contributed by atoms with van der Waals surface area (Å²) in [5, 5.41) is 11.6. The molecule has 0 aromatic heterocycles. The molecule has 25 heavy (non-hydrogen) atoms. The van der Waals surface area contributed by atoms with E-state index < -0.39 is 0 Å². The highest BCUT2D eigenvalue weighted by molar-refractivity contribution is 5.28. The lowest BCUT2D eigenvalue weighted by molar-refractivity contribution is -0.129. The maximum Gasteiger partial charge on any atom is 0.0639 e. The zero-order valence-corrected chi connectivity index (χ0v) is 17.1. The molecule has 4 aliphatic carbocycles. The van der Waals surface area contributed by atoms with Crippen molar-refractivity contribution in [2.75, 3.05) is 0 Å². The molecule has 0 amide bonds. The summed E-state index contributed by atoms with van der Waals surface area (Å²) in [7, 11) is 0. The molecule has 142 valence electrons. The molecule has 0 aromatic carbocycles. The van der Waals surface area contributed by atoms with Crippen molar-refractivity contribution in [3.63, 3.8) is 0 Å². The van der Waals surface area contributed by atoms with Gasteiger partial charge in [-0.25, -0.2) is 0 Å². The average molecular weight is 345 g/mol. The summed E-state index contributed by atoms with van der Waals surface area (Å²) in [6.07, 6.45) is 15.8. The van der Waals surface area contributed by atoms with E-state index in [-0.39, 0.29) is 6.10 Å². The van der Waals surface area contributed by atoms with E-state index in [9.17, 15) is 5.11 Å². The zero-order valence-electron chi connectivity index (χ0n) is 17.1. The third-order valence-electron chi connectivity index (χ3n) is 9.55. The highest BCUT2D eigenvalue weighted by Crippen LogP contribution is 2.68. The number of fused-ring (bicyclic) bond motifs is 5. The van der Waals surface area contributed by atoms with Gasteiger partial charge in [0, 0.05) is 5.92 Å². The smallest absolute Gasteiger partial charge is 0.0639 e. The number of aliphatic hydroxyl groups excluding tert-OH is 1. The summed E-state index contributed by atoms with van der Waals surface area (Å²) in [6.45, 7) is 9.83. The van der Waals surface area contributed by atoms with E-state index in [1.165, 1.54) is 57.8 Å². The molecule has 2 unspecified atom stereocenters. The third-order valence-corrected chi connectivity index (χ3v) is 9.55. The van der Waals surface area contributed by atoms with Crippen molar-refractivity contribution in [3.8, 4) is 0 Å². The number of allylic oxidation sites excluding steroid dienone is 1. The minimum Gasteiger partial charge on any atom is -0.392 e. The molecule has 0 aliphatic heterocycles. The van der Waals surface area contributed by atoms with Crippen LogP contribution in [0.3, 0.4) is 0 Å². The second-order valence-corrected chi connectivity index (χ2v) is 10.4. The van der Waals surface area contributed by atoms with Crippen LogP contribution in [0.5, 0.6) is 0 Å². The predicted octanol–water partition coefficient (Wildman–Crippen LogP) is 6.36. The van der Waals surface area contributed by atoms with Crippen molar-refractivity contribution in [3.05, 3.63) is 11.6 Å². The maximum atomic E-state index is 11.6. The Labute approximate surface area is 155 Å². The Morgan fingerprint density at radius 1 is 1.08 bits per heavy atom. The molecule has 4 aliphatic rings. The average Bonchev–Trinajstić information content (AvgIpc) is 2.93. The highest BCUT2D eigenvalue weighted by atomic mass is 16.3.